The van der Waals surface area contributed by atoms with Gasteiger partial charge < -0.3 is 4.90 Å². The molecule has 1 saturated heterocycles. The summed E-state index contributed by atoms with van der Waals surface area (Å²) < 4.78 is 0. The van der Waals surface area contributed by atoms with Gasteiger partial charge in [0.15, 0.2) is 0 Å². The number of hydrogen-bond donors (Lipinski definition) is 0. The summed E-state index contributed by atoms with van der Waals surface area (Å²) in [5.74, 6) is 0.118. The van der Waals surface area contributed by atoms with Gasteiger partial charge in [-0.2, -0.15) is 0 Å². The minimum Gasteiger partial charge on any atom is -0.336 e. The largest absolute Gasteiger partial charge is 0.336 e. The average Bonchev–Trinajstić information content (AvgIpc) is 2.58. The molecule has 1 heterocycles. The van der Waals surface area contributed by atoms with Crippen LogP contribution in [0.1, 0.15) is 27.0 Å². The van der Waals surface area contributed by atoms with E-state index < -0.39 is 0 Å². The van der Waals surface area contributed by atoms with Gasteiger partial charge in [0.1, 0.15) is 0 Å². The van der Waals surface area contributed by atoms with Crippen molar-refractivity contribution >= 4 is 29.1 Å². The molecule has 1 aliphatic rings. The number of nitrogens with zero attached hydrogens (tertiary/aromatic N) is 2. The summed E-state index contributed by atoms with van der Waals surface area (Å²) in [6.07, 6.45) is 0. The highest BCUT2D eigenvalue weighted by Gasteiger charge is 2.24. The Bertz CT molecular complexity index is 763. The zero-order valence-electron chi connectivity index (χ0n) is 14.6. The molecule has 3 nitrogen and oxygen atoms in total. The molecular weight excluding hydrogens is 355 g/mol. The van der Waals surface area contributed by atoms with Crippen molar-refractivity contribution in [2.24, 2.45) is 0 Å². The summed E-state index contributed by atoms with van der Waals surface area (Å²) in [5.41, 5.74) is 3.97. The summed E-state index contributed by atoms with van der Waals surface area (Å²) in [4.78, 5) is 17.0. The van der Waals surface area contributed by atoms with Gasteiger partial charge in [0.25, 0.3) is 5.91 Å². The summed E-state index contributed by atoms with van der Waals surface area (Å²) in [6, 6.07) is 11.6. The maximum atomic E-state index is 12.8. The molecule has 0 unspecified atom stereocenters. The normalized spacial score (nSPS) is 15.4. The third-order valence-corrected chi connectivity index (χ3v) is 5.42. The van der Waals surface area contributed by atoms with E-state index in [1.165, 1.54) is 5.56 Å². The molecule has 132 valence electrons. The van der Waals surface area contributed by atoms with Crippen LogP contribution in [0.5, 0.6) is 0 Å². The summed E-state index contributed by atoms with van der Waals surface area (Å²) in [7, 11) is 0. The highest BCUT2D eigenvalue weighted by Crippen LogP contribution is 2.26. The second-order valence-corrected chi connectivity index (χ2v) is 7.40. The van der Waals surface area contributed by atoms with Crippen molar-refractivity contribution in [2.45, 2.75) is 20.4 Å². The molecule has 2 aromatic rings. The monoisotopic (exact) mass is 376 g/mol. The molecule has 1 amide bonds. The van der Waals surface area contributed by atoms with Crippen LogP contribution in [0.3, 0.4) is 0 Å². The Hall–Kier alpha value is -1.55. The Balaban J connectivity index is 1.63. The minimum atomic E-state index is 0.118. The number of rotatable bonds is 3. The lowest BCUT2D eigenvalue weighted by molar-refractivity contribution is 0.0628. The lowest BCUT2D eigenvalue weighted by Crippen LogP contribution is -2.48. The topological polar surface area (TPSA) is 23.6 Å². The second-order valence-electron chi connectivity index (χ2n) is 6.59. The van der Waals surface area contributed by atoms with E-state index >= 15 is 0 Å². The molecular formula is C20H22Cl2N2O. The van der Waals surface area contributed by atoms with E-state index in [2.05, 4.69) is 11.0 Å². The van der Waals surface area contributed by atoms with Gasteiger partial charge in [-0.25, -0.2) is 0 Å². The lowest BCUT2D eigenvalue weighted by Gasteiger charge is -2.35. The third-order valence-electron chi connectivity index (χ3n) is 4.72. The van der Waals surface area contributed by atoms with Crippen molar-refractivity contribution in [2.75, 3.05) is 26.2 Å². The summed E-state index contributed by atoms with van der Waals surface area (Å²) in [5, 5.41) is 1.39. The molecule has 0 spiro atoms. The van der Waals surface area contributed by atoms with Gasteiger partial charge in [-0.3, -0.25) is 9.69 Å². The SMILES string of the molecule is Cc1ccc(C(=O)N2CCN(Cc3c(Cl)cccc3Cl)CC2)c(C)c1. The number of piperazine rings is 1. The van der Waals surface area contributed by atoms with Crippen LogP contribution in [0.25, 0.3) is 0 Å². The number of halogens is 2. The zero-order valence-corrected chi connectivity index (χ0v) is 16.1. The van der Waals surface area contributed by atoms with Crippen LogP contribution < -0.4 is 0 Å². The molecule has 0 bridgehead atoms. The molecule has 3 rings (SSSR count). The van der Waals surface area contributed by atoms with Crippen molar-refractivity contribution in [3.8, 4) is 0 Å². The van der Waals surface area contributed by atoms with Crippen molar-refractivity contribution < 1.29 is 4.79 Å². The highest BCUT2D eigenvalue weighted by atomic mass is 35.5. The number of aryl methyl sites for hydroxylation is 2. The summed E-state index contributed by atoms with van der Waals surface area (Å²) >= 11 is 12.5. The van der Waals surface area contributed by atoms with E-state index in [0.717, 1.165) is 29.8 Å². The molecule has 1 aliphatic heterocycles. The number of carbonyl (C=O) groups excluding carboxylic acids is 1. The molecule has 0 aromatic heterocycles. The standard InChI is InChI=1S/C20H22Cl2N2O/c1-14-6-7-16(15(2)12-14)20(25)24-10-8-23(9-11-24)13-17-18(21)4-3-5-19(17)22/h3-7,12H,8-11,13H2,1-2H3. The van der Waals surface area contributed by atoms with E-state index in [1.54, 1.807) is 0 Å². The maximum Gasteiger partial charge on any atom is 0.254 e. The zero-order chi connectivity index (χ0) is 18.0. The molecule has 0 saturated carbocycles. The number of carbonyl (C=O) groups is 1. The molecule has 0 N–H and O–H groups in total. The van der Waals surface area contributed by atoms with E-state index in [1.807, 2.05) is 49.1 Å². The van der Waals surface area contributed by atoms with Gasteiger partial charge in [0.05, 0.1) is 0 Å². The van der Waals surface area contributed by atoms with Crippen LogP contribution in [-0.4, -0.2) is 41.9 Å². The predicted octanol–water partition coefficient (Wildman–Crippen LogP) is 4.57. The molecule has 0 atom stereocenters. The van der Waals surface area contributed by atoms with Crippen molar-refractivity contribution in [3.63, 3.8) is 0 Å². The van der Waals surface area contributed by atoms with Crippen LogP contribution in [0, 0.1) is 13.8 Å². The Labute approximate surface area is 159 Å². The lowest BCUT2D eigenvalue weighted by atomic mass is 10.0. The molecule has 2 aromatic carbocycles. The first-order chi connectivity index (χ1) is 12.0. The Morgan fingerprint density at radius 2 is 1.64 bits per heavy atom. The van der Waals surface area contributed by atoms with Gasteiger partial charge in [-0.15, -0.1) is 0 Å². The first kappa shape index (κ1) is 18.2. The van der Waals surface area contributed by atoms with Gasteiger partial charge in [0.2, 0.25) is 0 Å². The van der Waals surface area contributed by atoms with E-state index in [-0.39, 0.29) is 5.91 Å². The van der Waals surface area contributed by atoms with Crippen LogP contribution in [0.4, 0.5) is 0 Å². The van der Waals surface area contributed by atoms with E-state index in [4.69, 9.17) is 23.2 Å². The Morgan fingerprint density at radius 1 is 1.00 bits per heavy atom. The smallest absolute Gasteiger partial charge is 0.254 e. The number of amides is 1. The van der Waals surface area contributed by atoms with Gasteiger partial charge in [-0.1, -0.05) is 47.0 Å². The average molecular weight is 377 g/mol. The molecule has 0 aliphatic carbocycles. The van der Waals surface area contributed by atoms with Crippen LogP contribution in [0.2, 0.25) is 10.0 Å². The van der Waals surface area contributed by atoms with Gasteiger partial charge in [0, 0.05) is 53.9 Å². The summed E-state index contributed by atoms with van der Waals surface area (Å²) in [6.45, 7) is 7.82. The first-order valence-electron chi connectivity index (χ1n) is 8.47. The van der Waals surface area contributed by atoms with Crippen LogP contribution >= 0.6 is 23.2 Å². The Morgan fingerprint density at radius 3 is 2.24 bits per heavy atom. The van der Waals surface area contributed by atoms with Gasteiger partial charge in [-0.05, 0) is 37.6 Å². The van der Waals surface area contributed by atoms with Crippen LogP contribution in [0.15, 0.2) is 36.4 Å². The van der Waals surface area contributed by atoms with Crippen molar-refractivity contribution in [1.29, 1.82) is 0 Å². The van der Waals surface area contributed by atoms with Crippen molar-refractivity contribution in [3.05, 3.63) is 68.7 Å². The quantitative estimate of drug-likeness (QED) is 0.783. The Kier molecular flexibility index (Phi) is 5.67. The molecule has 25 heavy (non-hydrogen) atoms. The molecule has 5 heteroatoms. The first-order valence-corrected chi connectivity index (χ1v) is 9.23. The predicted molar refractivity (Wildman–Crippen MR) is 104 cm³/mol. The fraction of sp³-hybridized carbons (Fsp3) is 0.350. The second kappa shape index (κ2) is 7.77. The highest BCUT2D eigenvalue weighted by molar-refractivity contribution is 6.35. The van der Waals surface area contributed by atoms with E-state index in [9.17, 15) is 4.79 Å². The number of benzene rings is 2. The number of hydrogen-bond acceptors (Lipinski definition) is 2. The molecule has 1 fully saturated rings. The fourth-order valence-electron chi connectivity index (χ4n) is 3.24. The minimum absolute atomic E-state index is 0.118. The third kappa shape index (κ3) is 4.17. The van der Waals surface area contributed by atoms with Gasteiger partial charge >= 0.3 is 0 Å². The van der Waals surface area contributed by atoms with E-state index in [0.29, 0.717) is 29.7 Å². The van der Waals surface area contributed by atoms with Crippen molar-refractivity contribution in [1.82, 2.24) is 9.80 Å². The van der Waals surface area contributed by atoms with Crippen LogP contribution in [-0.2, 0) is 6.54 Å². The maximum absolute atomic E-state index is 12.8. The fourth-order valence-corrected chi connectivity index (χ4v) is 3.76. The molecule has 0 radical (unpaired) electrons.